The van der Waals surface area contributed by atoms with Gasteiger partial charge in [-0.15, -0.1) is 0 Å². The first kappa shape index (κ1) is 22.6. The minimum Gasteiger partial charge on any atom is -0.496 e. The highest BCUT2D eigenvalue weighted by molar-refractivity contribution is 6.11. The summed E-state index contributed by atoms with van der Waals surface area (Å²) in [7, 11) is 1.61. The number of carbonyl (C=O) groups excluding carboxylic acids is 1. The summed E-state index contributed by atoms with van der Waals surface area (Å²) in [5.41, 5.74) is 9.61. The molecule has 3 N–H and O–H groups in total. The van der Waals surface area contributed by atoms with Crippen LogP contribution >= 0.6 is 0 Å². The maximum absolute atomic E-state index is 13.5. The van der Waals surface area contributed by atoms with Crippen molar-refractivity contribution in [2.24, 2.45) is 0 Å². The third kappa shape index (κ3) is 4.72. The van der Waals surface area contributed by atoms with Gasteiger partial charge in [0.25, 0.3) is 0 Å². The Kier molecular flexibility index (Phi) is 6.41. The van der Waals surface area contributed by atoms with Crippen LogP contribution < -0.4 is 20.7 Å². The number of carbonyl (C=O) groups is 1. The zero-order chi connectivity index (χ0) is 24.2. The van der Waals surface area contributed by atoms with Crippen LogP contribution in [-0.4, -0.2) is 42.5 Å². The van der Waals surface area contributed by atoms with Gasteiger partial charge in [0, 0.05) is 43.0 Å². The Labute approximate surface area is 204 Å². The number of para-hydroxylation sites is 1. The van der Waals surface area contributed by atoms with Crippen LogP contribution in [0.1, 0.15) is 27.7 Å². The van der Waals surface area contributed by atoms with Crippen LogP contribution in [0.4, 0.5) is 11.6 Å². The molecule has 0 bridgehead atoms. The lowest BCUT2D eigenvalue weighted by Gasteiger charge is -2.35. The second-order valence-corrected chi connectivity index (χ2v) is 8.43. The Bertz CT molecular complexity index is 1340. The largest absolute Gasteiger partial charge is 0.496 e. The first-order chi connectivity index (χ1) is 17.1. The van der Waals surface area contributed by atoms with Crippen LogP contribution in [0.3, 0.4) is 0 Å². The van der Waals surface area contributed by atoms with E-state index in [9.17, 15) is 4.79 Å². The number of nitrogens with one attached hydrogen (secondary N) is 1. The number of ether oxygens (including phenoxy) is 1. The molecule has 7 nitrogen and oxygen atoms in total. The average molecular weight is 466 g/mol. The van der Waals surface area contributed by atoms with Gasteiger partial charge < -0.3 is 20.7 Å². The van der Waals surface area contributed by atoms with Crippen LogP contribution in [0.25, 0.3) is 11.1 Å². The highest BCUT2D eigenvalue weighted by atomic mass is 16.5. The van der Waals surface area contributed by atoms with Crippen molar-refractivity contribution in [1.29, 1.82) is 0 Å². The number of benzene rings is 2. The fourth-order valence-electron chi connectivity index (χ4n) is 4.42. The van der Waals surface area contributed by atoms with Gasteiger partial charge in [-0.25, -0.2) is 9.97 Å². The lowest BCUT2D eigenvalue weighted by atomic mass is 10.0. The molecular weight excluding hydrogens is 438 g/mol. The summed E-state index contributed by atoms with van der Waals surface area (Å²) in [6.45, 7) is 2.40. The van der Waals surface area contributed by atoms with E-state index in [1.54, 1.807) is 25.4 Å². The van der Waals surface area contributed by atoms with Gasteiger partial charge in [0.05, 0.1) is 12.7 Å². The number of ketones is 1. The lowest BCUT2D eigenvalue weighted by molar-refractivity contribution is 0.103. The van der Waals surface area contributed by atoms with E-state index in [0.717, 1.165) is 36.6 Å². The fraction of sp³-hybridized carbons (Fsp3) is 0.179. The van der Waals surface area contributed by atoms with Gasteiger partial charge in [-0.05, 0) is 29.8 Å². The number of nitrogen functional groups attached to an aromatic ring is 1. The number of hydrogen-bond donors (Lipinski definition) is 2. The molecule has 7 heteroatoms. The van der Waals surface area contributed by atoms with Gasteiger partial charge in [-0.2, -0.15) is 0 Å². The normalized spacial score (nSPS) is 15.6. The first-order valence-corrected chi connectivity index (χ1v) is 11.6. The van der Waals surface area contributed by atoms with Crippen LogP contribution in [-0.2, 0) is 0 Å². The minimum atomic E-state index is -0.261. The number of rotatable bonds is 6. The number of nitrogens with zero attached hydrogens (tertiary/aromatic N) is 3. The predicted octanol–water partition coefficient (Wildman–Crippen LogP) is 4.12. The molecule has 2 aromatic carbocycles. The summed E-state index contributed by atoms with van der Waals surface area (Å²) >= 11 is 0. The Morgan fingerprint density at radius 2 is 1.86 bits per heavy atom. The van der Waals surface area contributed by atoms with Gasteiger partial charge in [0.1, 0.15) is 23.1 Å². The third-order valence-electron chi connectivity index (χ3n) is 6.25. The molecule has 1 aliphatic heterocycles. The molecule has 1 saturated heterocycles. The van der Waals surface area contributed by atoms with E-state index in [0.29, 0.717) is 17.0 Å². The predicted molar refractivity (Wildman–Crippen MR) is 138 cm³/mol. The van der Waals surface area contributed by atoms with Crippen LogP contribution in [0.5, 0.6) is 5.75 Å². The Hall–Kier alpha value is -4.23. The number of aromatic nitrogens is 2. The molecule has 0 saturated carbocycles. The summed E-state index contributed by atoms with van der Waals surface area (Å²) in [4.78, 5) is 24.7. The van der Waals surface area contributed by atoms with E-state index in [1.807, 2.05) is 54.6 Å². The van der Waals surface area contributed by atoms with Crippen molar-refractivity contribution in [2.75, 3.05) is 37.4 Å². The molecule has 35 heavy (non-hydrogen) atoms. The Morgan fingerprint density at radius 3 is 2.69 bits per heavy atom. The highest BCUT2D eigenvalue weighted by Crippen LogP contribution is 2.31. The summed E-state index contributed by atoms with van der Waals surface area (Å²) in [5.74, 6) is 1.38. The van der Waals surface area contributed by atoms with E-state index in [1.165, 1.54) is 5.56 Å². The molecule has 0 radical (unpaired) electrons. The van der Waals surface area contributed by atoms with Gasteiger partial charge >= 0.3 is 0 Å². The van der Waals surface area contributed by atoms with E-state index >= 15 is 0 Å². The Balaban J connectivity index is 1.42. The van der Waals surface area contributed by atoms with Crippen molar-refractivity contribution in [3.8, 4) is 16.9 Å². The minimum absolute atomic E-state index is 0.173. The fourth-order valence-corrected chi connectivity index (χ4v) is 4.42. The number of pyridine rings is 2. The molecule has 0 amide bonds. The van der Waals surface area contributed by atoms with E-state index < -0.39 is 0 Å². The van der Waals surface area contributed by atoms with Crippen LogP contribution in [0.2, 0.25) is 0 Å². The van der Waals surface area contributed by atoms with Crippen molar-refractivity contribution in [1.82, 2.24) is 15.3 Å². The van der Waals surface area contributed by atoms with E-state index in [4.69, 9.17) is 15.5 Å². The summed E-state index contributed by atoms with van der Waals surface area (Å²) in [5, 5.41) is 3.57. The molecule has 1 aliphatic rings. The second kappa shape index (κ2) is 9.95. The van der Waals surface area contributed by atoms with Gasteiger partial charge in [0.2, 0.25) is 5.78 Å². The molecular formula is C28H27N5O2. The van der Waals surface area contributed by atoms with Gasteiger partial charge in [-0.1, -0.05) is 54.6 Å². The average Bonchev–Trinajstić information content (AvgIpc) is 2.93. The molecule has 2 aromatic heterocycles. The number of methoxy groups -OCH3 is 1. The van der Waals surface area contributed by atoms with Crippen molar-refractivity contribution in [2.45, 2.75) is 6.04 Å². The number of hydrogen-bond acceptors (Lipinski definition) is 7. The third-order valence-corrected chi connectivity index (χ3v) is 6.25. The first-order valence-electron chi connectivity index (χ1n) is 11.6. The summed E-state index contributed by atoms with van der Waals surface area (Å²) in [6, 6.07) is 25.4. The maximum atomic E-state index is 13.5. The highest BCUT2D eigenvalue weighted by Gasteiger charge is 2.23. The molecule has 1 unspecified atom stereocenters. The van der Waals surface area contributed by atoms with Crippen molar-refractivity contribution in [3.63, 3.8) is 0 Å². The molecule has 176 valence electrons. The summed E-state index contributed by atoms with van der Waals surface area (Å²) < 4.78 is 5.47. The molecule has 1 atom stereocenters. The van der Waals surface area contributed by atoms with Crippen molar-refractivity contribution in [3.05, 3.63) is 102 Å². The molecule has 4 aromatic rings. The van der Waals surface area contributed by atoms with Crippen molar-refractivity contribution < 1.29 is 9.53 Å². The zero-order valence-electron chi connectivity index (χ0n) is 19.5. The molecule has 0 spiro atoms. The van der Waals surface area contributed by atoms with Crippen LogP contribution in [0.15, 0.2) is 85.1 Å². The molecule has 5 rings (SSSR count). The zero-order valence-corrected chi connectivity index (χ0v) is 19.5. The number of anilines is 2. The molecule has 3 heterocycles. The smallest absolute Gasteiger partial charge is 0.215 e. The van der Waals surface area contributed by atoms with Crippen molar-refractivity contribution >= 4 is 17.4 Å². The quantitative estimate of drug-likeness (QED) is 0.414. The SMILES string of the molecule is COc1ccccc1-c1cnc(N)c(C(=O)c2cccc(N3CCNC(c4ccccc4)C3)n2)c1. The van der Waals surface area contributed by atoms with Crippen LogP contribution in [0, 0.1) is 0 Å². The second-order valence-electron chi connectivity index (χ2n) is 8.43. The number of nitrogens with two attached hydrogens (primary N) is 1. The van der Waals surface area contributed by atoms with Gasteiger partial charge in [0.15, 0.2) is 0 Å². The lowest BCUT2D eigenvalue weighted by Crippen LogP contribution is -2.46. The van der Waals surface area contributed by atoms with Gasteiger partial charge in [-0.3, -0.25) is 4.79 Å². The van der Waals surface area contributed by atoms with E-state index in [2.05, 4.69) is 27.3 Å². The number of piperazine rings is 1. The molecule has 1 fully saturated rings. The summed E-state index contributed by atoms with van der Waals surface area (Å²) in [6.07, 6.45) is 1.65. The standard InChI is InChI=1S/C28H27N5O2/c1-35-25-12-6-5-10-21(25)20-16-22(28(29)31-17-20)27(34)23-11-7-13-26(32-23)33-15-14-30-24(18-33)19-8-3-2-4-9-19/h2-13,16-17,24,30H,14-15,18H2,1H3,(H2,29,31). The molecule has 0 aliphatic carbocycles. The monoisotopic (exact) mass is 465 g/mol. The van der Waals surface area contributed by atoms with E-state index in [-0.39, 0.29) is 17.6 Å². The Morgan fingerprint density at radius 1 is 1.06 bits per heavy atom. The maximum Gasteiger partial charge on any atom is 0.215 e. The topological polar surface area (TPSA) is 93.4 Å².